The van der Waals surface area contributed by atoms with Crippen LogP contribution >= 0.6 is 0 Å². The Morgan fingerprint density at radius 3 is 3.10 bits per heavy atom. The number of aryl methyl sites for hydroxylation is 1. The van der Waals surface area contributed by atoms with E-state index in [1.165, 1.54) is 36.9 Å². The fourth-order valence-corrected chi connectivity index (χ4v) is 4.04. The van der Waals surface area contributed by atoms with Crippen molar-refractivity contribution in [3.63, 3.8) is 0 Å². The molecule has 3 nitrogen and oxygen atoms in total. The third kappa shape index (κ3) is 2.61. The summed E-state index contributed by atoms with van der Waals surface area (Å²) < 4.78 is 5.81. The summed E-state index contributed by atoms with van der Waals surface area (Å²) in [6.45, 7) is 6.36. The number of hydrogen-bond acceptors (Lipinski definition) is 3. The molecule has 1 aliphatic heterocycles. The summed E-state index contributed by atoms with van der Waals surface area (Å²) in [6, 6.07) is 4.84. The highest BCUT2D eigenvalue weighted by molar-refractivity contribution is 5.27. The van der Waals surface area contributed by atoms with E-state index in [9.17, 15) is 0 Å². The van der Waals surface area contributed by atoms with E-state index in [0.29, 0.717) is 24.0 Å². The maximum Gasteiger partial charge on any atom is 0.0591 e. The molecule has 0 bridgehead atoms. The number of nitrogens with zero attached hydrogens (tertiary/aromatic N) is 1. The minimum absolute atomic E-state index is 0.369. The van der Waals surface area contributed by atoms with Crippen LogP contribution in [0, 0.1) is 5.92 Å². The Kier molecular flexibility index (Phi) is 4.37. The Morgan fingerprint density at radius 1 is 1.45 bits per heavy atom. The highest BCUT2D eigenvalue weighted by Gasteiger charge is 2.38. The van der Waals surface area contributed by atoms with Crippen molar-refractivity contribution < 1.29 is 4.74 Å². The van der Waals surface area contributed by atoms with Gasteiger partial charge in [-0.3, -0.25) is 4.98 Å². The first-order chi connectivity index (χ1) is 9.81. The van der Waals surface area contributed by atoms with Crippen LogP contribution in [0.3, 0.4) is 0 Å². The molecule has 1 N–H and O–H groups in total. The summed E-state index contributed by atoms with van der Waals surface area (Å²) in [7, 11) is 0. The standard InChI is InChI=1S/C17H26N2O/c1-3-18-17(14-9-11-20-12(14)2)15-8-4-6-13-7-5-10-19-16(13)15/h5,7,10,12,14-15,17-18H,3-4,6,8-9,11H2,1-2H3. The van der Waals surface area contributed by atoms with E-state index in [4.69, 9.17) is 9.72 Å². The van der Waals surface area contributed by atoms with Crippen molar-refractivity contribution in [1.82, 2.24) is 10.3 Å². The fourth-order valence-electron chi connectivity index (χ4n) is 4.04. The third-order valence-electron chi connectivity index (χ3n) is 5.01. The van der Waals surface area contributed by atoms with Gasteiger partial charge in [0.1, 0.15) is 0 Å². The maximum atomic E-state index is 5.81. The van der Waals surface area contributed by atoms with E-state index < -0.39 is 0 Å². The molecule has 0 spiro atoms. The molecule has 1 aromatic heterocycles. The number of pyridine rings is 1. The second kappa shape index (κ2) is 6.23. The largest absolute Gasteiger partial charge is 0.378 e. The SMILES string of the molecule is CCNC(C1CCCc2cccnc21)C1CCOC1C. The van der Waals surface area contributed by atoms with E-state index in [2.05, 4.69) is 31.3 Å². The van der Waals surface area contributed by atoms with Crippen LogP contribution in [0.2, 0.25) is 0 Å². The normalized spacial score (nSPS) is 31.0. The molecule has 3 heteroatoms. The molecule has 1 aliphatic carbocycles. The second-order valence-corrected chi connectivity index (χ2v) is 6.16. The van der Waals surface area contributed by atoms with Crippen LogP contribution in [0.5, 0.6) is 0 Å². The zero-order valence-corrected chi connectivity index (χ0v) is 12.6. The second-order valence-electron chi connectivity index (χ2n) is 6.16. The van der Waals surface area contributed by atoms with Gasteiger partial charge in [0, 0.05) is 36.4 Å². The number of hydrogen-bond donors (Lipinski definition) is 1. The van der Waals surface area contributed by atoms with Gasteiger partial charge in [-0.15, -0.1) is 0 Å². The van der Waals surface area contributed by atoms with Crippen molar-refractivity contribution in [2.24, 2.45) is 5.92 Å². The molecule has 1 fully saturated rings. The molecule has 110 valence electrons. The fraction of sp³-hybridized carbons (Fsp3) is 0.706. The molecule has 0 saturated carbocycles. The van der Waals surface area contributed by atoms with Crippen molar-refractivity contribution >= 4 is 0 Å². The maximum absolute atomic E-state index is 5.81. The zero-order valence-electron chi connectivity index (χ0n) is 12.6. The molecule has 0 aromatic carbocycles. The molecule has 2 aliphatic rings. The Hall–Kier alpha value is -0.930. The molecular formula is C17H26N2O. The molecule has 4 unspecified atom stereocenters. The summed E-state index contributed by atoms with van der Waals surface area (Å²) in [5.74, 6) is 1.17. The molecular weight excluding hydrogens is 248 g/mol. The van der Waals surface area contributed by atoms with Crippen LogP contribution < -0.4 is 5.32 Å². The Morgan fingerprint density at radius 2 is 2.35 bits per heavy atom. The van der Waals surface area contributed by atoms with E-state index in [1.54, 1.807) is 0 Å². The first-order valence-corrected chi connectivity index (χ1v) is 8.10. The minimum atomic E-state index is 0.369. The zero-order chi connectivity index (χ0) is 13.9. The van der Waals surface area contributed by atoms with Crippen molar-refractivity contribution in [1.29, 1.82) is 0 Å². The van der Waals surface area contributed by atoms with E-state index in [1.807, 2.05) is 6.20 Å². The van der Waals surface area contributed by atoms with Crippen LogP contribution in [0.25, 0.3) is 0 Å². The Labute approximate surface area is 122 Å². The van der Waals surface area contributed by atoms with Crippen molar-refractivity contribution in [2.45, 2.75) is 57.6 Å². The van der Waals surface area contributed by atoms with Gasteiger partial charge in [0.05, 0.1) is 6.10 Å². The average molecular weight is 274 g/mol. The minimum Gasteiger partial charge on any atom is -0.378 e. The van der Waals surface area contributed by atoms with E-state index in [-0.39, 0.29) is 0 Å². The summed E-state index contributed by atoms with van der Waals surface area (Å²) in [4.78, 5) is 4.72. The molecule has 1 saturated heterocycles. The van der Waals surface area contributed by atoms with Gasteiger partial charge in [0.2, 0.25) is 0 Å². The molecule has 0 amide bonds. The van der Waals surface area contributed by atoms with Gasteiger partial charge in [-0.1, -0.05) is 13.0 Å². The monoisotopic (exact) mass is 274 g/mol. The lowest BCUT2D eigenvalue weighted by molar-refractivity contribution is 0.0905. The number of aromatic nitrogens is 1. The number of ether oxygens (including phenoxy) is 1. The highest BCUT2D eigenvalue weighted by Crippen LogP contribution is 2.38. The van der Waals surface area contributed by atoms with Crippen LogP contribution in [0.4, 0.5) is 0 Å². The predicted octanol–water partition coefficient (Wildman–Crippen LogP) is 2.90. The van der Waals surface area contributed by atoms with Crippen LogP contribution in [-0.2, 0) is 11.2 Å². The molecule has 2 heterocycles. The van der Waals surface area contributed by atoms with Gasteiger partial charge in [0.15, 0.2) is 0 Å². The topological polar surface area (TPSA) is 34.2 Å². The lowest BCUT2D eigenvalue weighted by Crippen LogP contribution is -2.44. The van der Waals surface area contributed by atoms with Crippen molar-refractivity contribution in [2.75, 3.05) is 13.2 Å². The summed E-state index contributed by atoms with van der Waals surface area (Å²) in [5.41, 5.74) is 2.79. The number of nitrogens with one attached hydrogen (secondary N) is 1. The van der Waals surface area contributed by atoms with Crippen LogP contribution in [0.1, 0.15) is 50.3 Å². The molecule has 20 heavy (non-hydrogen) atoms. The number of rotatable bonds is 4. The van der Waals surface area contributed by atoms with E-state index >= 15 is 0 Å². The molecule has 3 rings (SSSR count). The van der Waals surface area contributed by atoms with Crippen molar-refractivity contribution in [3.05, 3.63) is 29.6 Å². The Balaban J connectivity index is 1.88. The number of fused-ring (bicyclic) bond motifs is 1. The van der Waals surface area contributed by atoms with Gasteiger partial charge in [0.25, 0.3) is 0 Å². The molecule has 0 radical (unpaired) electrons. The Bertz CT molecular complexity index is 448. The summed E-state index contributed by atoms with van der Waals surface area (Å²) in [6.07, 6.45) is 7.23. The van der Waals surface area contributed by atoms with Crippen LogP contribution in [-0.4, -0.2) is 30.3 Å². The highest BCUT2D eigenvalue weighted by atomic mass is 16.5. The van der Waals surface area contributed by atoms with E-state index in [0.717, 1.165) is 13.2 Å². The lowest BCUT2D eigenvalue weighted by atomic mass is 9.75. The summed E-state index contributed by atoms with van der Waals surface area (Å²) >= 11 is 0. The first kappa shape index (κ1) is 14.0. The summed E-state index contributed by atoms with van der Waals surface area (Å²) in [5, 5.41) is 3.75. The lowest BCUT2D eigenvalue weighted by Gasteiger charge is -2.36. The third-order valence-corrected chi connectivity index (χ3v) is 5.01. The quantitative estimate of drug-likeness (QED) is 0.916. The smallest absolute Gasteiger partial charge is 0.0591 e. The van der Waals surface area contributed by atoms with Gasteiger partial charge in [-0.2, -0.15) is 0 Å². The van der Waals surface area contributed by atoms with Crippen molar-refractivity contribution in [3.8, 4) is 0 Å². The molecule has 4 atom stereocenters. The van der Waals surface area contributed by atoms with Gasteiger partial charge in [-0.25, -0.2) is 0 Å². The van der Waals surface area contributed by atoms with Gasteiger partial charge in [-0.05, 0) is 50.8 Å². The van der Waals surface area contributed by atoms with Gasteiger partial charge < -0.3 is 10.1 Å². The first-order valence-electron chi connectivity index (χ1n) is 8.10. The average Bonchev–Trinajstić information content (AvgIpc) is 2.90. The van der Waals surface area contributed by atoms with Gasteiger partial charge >= 0.3 is 0 Å². The van der Waals surface area contributed by atoms with Crippen LogP contribution in [0.15, 0.2) is 18.3 Å². The molecule has 1 aromatic rings. The predicted molar refractivity (Wildman–Crippen MR) is 80.9 cm³/mol. The number of likely N-dealkylation sites (N-methyl/N-ethyl adjacent to an activating group) is 1.